The van der Waals surface area contributed by atoms with Crippen molar-refractivity contribution in [2.24, 2.45) is 10.1 Å². The molecule has 0 aromatic heterocycles. The summed E-state index contributed by atoms with van der Waals surface area (Å²) in [6, 6.07) is 22.9. The molecule has 0 radical (unpaired) electrons. The maximum atomic E-state index is 12.8. The highest BCUT2D eigenvalue weighted by molar-refractivity contribution is 8.15. The number of hydrogen-bond acceptors (Lipinski definition) is 7. The van der Waals surface area contributed by atoms with Crippen molar-refractivity contribution in [1.82, 2.24) is 5.01 Å². The van der Waals surface area contributed by atoms with Crippen molar-refractivity contribution in [2.45, 2.75) is 31.1 Å². The fourth-order valence-corrected chi connectivity index (χ4v) is 5.49. The number of thioether (sulfide) groups is 1. The smallest absolute Gasteiger partial charge is 0.262 e. The van der Waals surface area contributed by atoms with Gasteiger partial charge in [0, 0.05) is 18.5 Å². The number of methoxy groups -OCH3 is 2. The van der Waals surface area contributed by atoms with Gasteiger partial charge < -0.3 is 14.8 Å². The van der Waals surface area contributed by atoms with Gasteiger partial charge in [-0.2, -0.15) is 10.1 Å². The van der Waals surface area contributed by atoms with E-state index in [1.807, 2.05) is 55.5 Å². The Bertz CT molecular complexity index is 1410. The zero-order chi connectivity index (χ0) is 26.6. The van der Waals surface area contributed by atoms with Crippen molar-refractivity contribution >= 4 is 40.1 Å². The van der Waals surface area contributed by atoms with Crippen LogP contribution in [0.5, 0.6) is 11.5 Å². The normalized spacial score (nSPS) is 18.7. The van der Waals surface area contributed by atoms with E-state index < -0.39 is 5.25 Å². The molecule has 0 saturated carbocycles. The minimum absolute atomic E-state index is 0.0226. The van der Waals surface area contributed by atoms with Crippen molar-refractivity contribution in [3.05, 3.63) is 89.5 Å². The first-order chi connectivity index (χ1) is 18.4. The molecule has 2 aliphatic rings. The quantitative estimate of drug-likeness (QED) is 0.454. The molecule has 2 aliphatic heterocycles. The summed E-state index contributed by atoms with van der Waals surface area (Å²) >= 11 is 1.27. The maximum Gasteiger partial charge on any atom is 0.262 e. The molecule has 9 heteroatoms. The molecule has 2 amide bonds. The maximum absolute atomic E-state index is 12.8. The summed E-state index contributed by atoms with van der Waals surface area (Å²) in [4.78, 5) is 29.8. The molecular formula is C29H28N4O4S. The van der Waals surface area contributed by atoms with Crippen LogP contribution in [0.1, 0.15) is 35.6 Å². The van der Waals surface area contributed by atoms with E-state index in [4.69, 9.17) is 14.6 Å². The van der Waals surface area contributed by atoms with Gasteiger partial charge in [0.25, 0.3) is 5.91 Å². The number of benzene rings is 3. The Morgan fingerprint density at radius 2 is 1.76 bits per heavy atom. The van der Waals surface area contributed by atoms with Crippen LogP contribution in [0.15, 0.2) is 82.9 Å². The second kappa shape index (κ2) is 11.1. The highest BCUT2D eigenvalue weighted by Crippen LogP contribution is 2.41. The molecule has 38 heavy (non-hydrogen) atoms. The number of nitrogens with one attached hydrogen (secondary N) is 1. The average molecular weight is 529 g/mol. The Hall–Kier alpha value is -4.11. The number of aliphatic imine (C=N–C) groups is 1. The number of amidine groups is 1. The van der Waals surface area contributed by atoms with E-state index in [9.17, 15) is 9.59 Å². The number of hydrazone groups is 1. The summed E-state index contributed by atoms with van der Waals surface area (Å²) in [5.74, 6) is 0.674. The number of aryl methyl sites for hydroxylation is 1. The molecule has 194 valence electrons. The van der Waals surface area contributed by atoms with Gasteiger partial charge >= 0.3 is 0 Å². The lowest BCUT2D eigenvalue weighted by Gasteiger charge is -2.24. The lowest BCUT2D eigenvalue weighted by atomic mass is 9.98. The Morgan fingerprint density at radius 1 is 1.03 bits per heavy atom. The number of carbonyl (C=O) groups is 2. The Balaban J connectivity index is 1.40. The van der Waals surface area contributed by atoms with E-state index in [2.05, 4.69) is 34.6 Å². The van der Waals surface area contributed by atoms with Crippen molar-refractivity contribution in [3.8, 4) is 11.5 Å². The van der Waals surface area contributed by atoms with Gasteiger partial charge in [-0.05, 0) is 42.3 Å². The molecule has 0 bridgehead atoms. The fraction of sp³-hybridized carbons (Fsp3) is 0.241. The molecule has 8 nitrogen and oxygen atoms in total. The van der Waals surface area contributed by atoms with Gasteiger partial charge in [0.05, 0.1) is 26.0 Å². The van der Waals surface area contributed by atoms with Crippen LogP contribution in [0, 0.1) is 6.92 Å². The van der Waals surface area contributed by atoms with Gasteiger partial charge in [-0.25, -0.2) is 5.01 Å². The summed E-state index contributed by atoms with van der Waals surface area (Å²) in [5, 5.41) is 9.43. The van der Waals surface area contributed by atoms with E-state index in [1.54, 1.807) is 19.2 Å². The number of ether oxygens (including phenoxy) is 2. The third-order valence-corrected chi connectivity index (χ3v) is 7.58. The molecule has 1 N–H and O–H groups in total. The zero-order valence-electron chi connectivity index (χ0n) is 21.4. The van der Waals surface area contributed by atoms with Crippen molar-refractivity contribution < 1.29 is 19.1 Å². The second-order valence-electron chi connectivity index (χ2n) is 9.05. The number of carbonyl (C=O) groups excluding carboxylic acids is 2. The van der Waals surface area contributed by atoms with Crippen LogP contribution in [0.25, 0.3) is 0 Å². The predicted octanol–water partition coefficient (Wildman–Crippen LogP) is 5.19. The number of anilines is 1. The molecule has 0 aliphatic carbocycles. The van der Waals surface area contributed by atoms with Gasteiger partial charge in [0.1, 0.15) is 5.25 Å². The lowest BCUT2D eigenvalue weighted by molar-refractivity contribution is -0.121. The summed E-state index contributed by atoms with van der Waals surface area (Å²) < 4.78 is 10.9. The van der Waals surface area contributed by atoms with Gasteiger partial charge in [0.15, 0.2) is 16.7 Å². The van der Waals surface area contributed by atoms with E-state index in [0.717, 1.165) is 16.8 Å². The van der Waals surface area contributed by atoms with E-state index in [1.165, 1.54) is 17.3 Å². The third kappa shape index (κ3) is 5.43. The molecular weight excluding hydrogens is 500 g/mol. The summed E-state index contributed by atoms with van der Waals surface area (Å²) in [6.45, 7) is 2.04. The number of rotatable bonds is 7. The lowest BCUT2D eigenvalue weighted by Crippen LogP contribution is -2.25. The van der Waals surface area contributed by atoms with Gasteiger partial charge in [0.2, 0.25) is 5.91 Å². The standard InChI is InChI=1S/C29H28N4O4S/c1-18-9-11-19(12-10-18)22-16-23(20-13-14-24(36-2)25(15-20)37-3)33(32-22)29-31-28(35)26(38-29)17-27(34)30-21-7-5-4-6-8-21/h4-15,23,26H,16-17H2,1-3H3,(H,30,34). The number of amides is 2. The van der Waals surface area contributed by atoms with E-state index in [0.29, 0.717) is 28.8 Å². The van der Waals surface area contributed by atoms with Crippen LogP contribution in [-0.4, -0.2) is 47.2 Å². The first-order valence-electron chi connectivity index (χ1n) is 12.2. The Kier molecular flexibility index (Phi) is 7.46. The Morgan fingerprint density at radius 3 is 2.47 bits per heavy atom. The van der Waals surface area contributed by atoms with Gasteiger partial charge in [-0.3, -0.25) is 9.59 Å². The second-order valence-corrected chi connectivity index (χ2v) is 10.2. The van der Waals surface area contributed by atoms with Crippen molar-refractivity contribution in [1.29, 1.82) is 0 Å². The zero-order valence-corrected chi connectivity index (χ0v) is 22.2. The first kappa shape index (κ1) is 25.5. The molecule has 3 aromatic carbocycles. The SMILES string of the molecule is COc1ccc(C2CC(c3ccc(C)cc3)=NN2C2=NC(=O)C(CC(=O)Nc3ccccc3)S2)cc1OC. The van der Waals surface area contributed by atoms with Gasteiger partial charge in [-0.15, -0.1) is 0 Å². The largest absolute Gasteiger partial charge is 0.493 e. The molecule has 0 fully saturated rings. The topological polar surface area (TPSA) is 92.6 Å². The van der Waals surface area contributed by atoms with Crippen LogP contribution < -0.4 is 14.8 Å². The summed E-state index contributed by atoms with van der Waals surface area (Å²) in [6.07, 6.45) is 0.639. The van der Waals surface area contributed by atoms with Crippen LogP contribution in [-0.2, 0) is 9.59 Å². The monoisotopic (exact) mass is 528 g/mol. The number of hydrogen-bond donors (Lipinski definition) is 1. The highest BCUT2D eigenvalue weighted by atomic mass is 32.2. The van der Waals surface area contributed by atoms with Crippen LogP contribution in [0.4, 0.5) is 5.69 Å². The molecule has 5 rings (SSSR count). The molecule has 0 saturated heterocycles. The molecule has 2 atom stereocenters. The molecule has 2 heterocycles. The summed E-state index contributed by atoms with van der Waals surface area (Å²) in [5.41, 5.74) is 4.71. The highest BCUT2D eigenvalue weighted by Gasteiger charge is 2.39. The van der Waals surface area contributed by atoms with Crippen molar-refractivity contribution in [3.63, 3.8) is 0 Å². The average Bonchev–Trinajstić information content (AvgIpc) is 3.53. The van der Waals surface area contributed by atoms with E-state index in [-0.39, 0.29) is 24.3 Å². The van der Waals surface area contributed by atoms with Gasteiger partial charge in [-0.1, -0.05) is 65.9 Å². The first-order valence-corrected chi connectivity index (χ1v) is 13.1. The number of para-hydroxylation sites is 1. The minimum atomic E-state index is -0.613. The predicted molar refractivity (Wildman–Crippen MR) is 150 cm³/mol. The molecule has 3 aromatic rings. The third-order valence-electron chi connectivity index (χ3n) is 6.44. The van der Waals surface area contributed by atoms with Crippen molar-refractivity contribution in [2.75, 3.05) is 19.5 Å². The van der Waals surface area contributed by atoms with Crippen LogP contribution in [0.3, 0.4) is 0 Å². The fourth-order valence-electron chi connectivity index (χ4n) is 4.43. The molecule has 2 unspecified atom stereocenters. The van der Waals surface area contributed by atoms with E-state index >= 15 is 0 Å². The number of nitrogens with zero attached hydrogens (tertiary/aromatic N) is 3. The minimum Gasteiger partial charge on any atom is -0.493 e. The summed E-state index contributed by atoms with van der Waals surface area (Å²) in [7, 11) is 3.20. The molecule has 0 spiro atoms. The van der Waals surface area contributed by atoms with Crippen LogP contribution >= 0.6 is 11.8 Å². The van der Waals surface area contributed by atoms with Crippen LogP contribution in [0.2, 0.25) is 0 Å². The Labute approximate surface area is 225 Å².